The van der Waals surface area contributed by atoms with Crippen molar-refractivity contribution in [1.29, 1.82) is 0 Å². The van der Waals surface area contributed by atoms with E-state index in [-0.39, 0.29) is 5.69 Å². The standard InChI is InChI=1S/C15H22N2O3/c1-11-7-12(2)9-13(8-11)3-5-16-6-4-15(18)14(10-16)17(19)20/h4,6,10-13H,3,5,7-9H2,1-2H3/t11-,12+,13?. The molecule has 0 radical (unpaired) electrons. The molecule has 1 heterocycles. The molecule has 0 bridgehead atoms. The maximum atomic E-state index is 11.3. The molecule has 0 amide bonds. The fourth-order valence-corrected chi connectivity index (χ4v) is 3.47. The minimum atomic E-state index is -0.608. The van der Waals surface area contributed by atoms with E-state index in [1.807, 2.05) is 0 Å². The summed E-state index contributed by atoms with van der Waals surface area (Å²) in [5.74, 6) is 2.23. The Labute approximate surface area is 118 Å². The molecule has 1 aliphatic rings. The van der Waals surface area contributed by atoms with E-state index in [0.717, 1.165) is 24.8 Å². The normalized spacial score (nSPS) is 26.4. The van der Waals surface area contributed by atoms with E-state index in [4.69, 9.17) is 0 Å². The van der Waals surface area contributed by atoms with Crippen molar-refractivity contribution in [2.24, 2.45) is 17.8 Å². The molecule has 1 aromatic heterocycles. The van der Waals surface area contributed by atoms with E-state index >= 15 is 0 Å². The zero-order chi connectivity index (χ0) is 14.7. The molecule has 1 fully saturated rings. The van der Waals surface area contributed by atoms with Crippen LogP contribution >= 0.6 is 0 Å². The predicted molar refractivity (Wildman–Crippen MR) is 77.6 cm³/mol. The van der Waals surface area contributed by atoms with E-state index in [9.17, 15) is 14.9 Å². The van der Waals surface area contributed by atoms with Crippen LogP contribution in [0.1, 0.15) is 39.5 Å². The lowest BCUT2D eigenvalue weighted by Gasteiger charge is -2.31. The first-order valence-corrected chi connectivity index (χ1v) is 7.30. The second-order valence-electron chi connectivity index (χ2n) is 6.26. The summed E-state index contributed by atoms with van der Waals surface area (Å²) in [6, 6.07) is 1.28. The highest BCUT2D eigenvalue weighted by molar-refractivity contribution is 5.25. The van der Waals surface area contributed by atoms with E-state index in [1.54, 1.807) is 10.8 Å². The minimum absolute atomic E-state index is 0.335. The van der Waals surface area contributed by atoms with Gasteiger partial charge in [0, 0.05) is 18.8 Å². The van der Waals surface area contributed by atoms with Crippen molar-refractivity contribution < 1.29 is 4.92 Å². The van der Waals surface area contributed by atoms with Crippen molar-refractivity contribution >= 4 is 5.69 Å². The van der Waals surface area contributed by atoms with Crippen LogP contribution in [0.2, 0.25) is 0 Å². The van der Waals surface area contributed by atoms with E-state index < -0.39 is 10.4 Å². The third-order valence-corrected chi connectivity index (χ3v) is 4.23. The van der Waals surface area contributed by atoms with E-state index in [0.29, 0.717) is 5.92 Å². The van der Waals surface area contributed by atoms with E-state index in [1.165, 1.54) is 31.5 Å². The zero-order valence-corrected chi connectivity index (χ0v) is 12.1. The highest BCUT2D eigenvalue weighted by atomic mass is 16.6. The van der Waals surface area contributed by atoms with Crippen LogP contribution in [0, 0.1) is 27.9 Å². The summed E-state index contributed by atoms with van der Waals surface area (Å²) in [5.41, 5.74) is -0.857. The van der Waals surface area contributed by atoms with Crippen LogP contribution in [0.5, 0.6) is 0 Å². The molecule has 1 unspecified atom stereocenters. The van der Waals surface area contributed by atoms with Gasteiger partial charge in [0.05, 0.1) is 11.1 Å². The van der Waals surface area contributed by atoms with Gasteiger partial charge in [-0.1, -0.05) is 13.8 Å². The lowest BCUT2D eigenvalue weighted by molar-refractivity contribution is -0.386. The van der Waals surface area contributed by atoms with Crippen molar-refractivity contribution in [2.75, 3.05) is 0 Å². The summed E-state index contributed by atoms with van der Waals surface area (Å²) in [4.78, 5) is 21.5. The average Bonchev–Trinajstić information content (AvgIpc) is 2.36. The Morgan fingerprint density at radius 2 is 1.95 bits per heavy atom. The van der Waals surface area contributed by atoms with Gasteiger partial charge in [-0.15, -0.1) is 0 Å². The molecule has 0 saturated heterocycles. The number of hydrogen-bond acceptors (Lipinski definition) is 3. The third-order valence-electron chi connectivity index (χ3n) is 4.23. The quantitative estimate of drug-likeness (QED) is 0.627. The zero-order valence-electron chi connectivity index (χ0n) is 12.1. The number of hydrogen-bond donors (Lipinski definition) is 0. The molecule has 0 spiro atoms. The number of nitrogens with zero attached hydrogens (tertiary/aromatic N) is 2. The van der Waals surface area contributed by atoms with Crippen LogP contribution in [0.25, 0.3) is 0 Å². The fourth-order valence-electron chi connectivity index (χ4n) is 3.47. The van der Waals surface area contributed by atoms with Gasteiger partial charge < -0.3 is 4.57 Å². The number of aryl methyl sites for hydroxylation is 1. The smallest absolute Gasteiger partial charge is 0.332 e. The molecule has 2 rings (SSSR count). The van der Waals surface area contributed by atoms with Gasteiger partial charge in [-0.2, -0.15) is 0 Å². The molecule has 0 aromatic carbocycles. The first-order valence-electron chi connectivity index (χ1n) is 7.30. The number of nitro groups is 1. The second-order valence-corrected chi connectivity index (χ2v) is 6.26. The maximum absolute atomic E-state index is 11.3. The molecule has 1 aliphatic carbocycles. The summed E-state index contributed by atoms with van der Waals surface area (Å²) in [6.07, 6.45) is 7.82. The summed E-state index contributed by atoms with van der Waals surface area (Å²) in [6.45, 7) is 5.34. The summed E-state index contributed by atoms with van der Waals surface area (Å²) < 4.78 is 1.77. The molecule has 5 heteroatoms. The topological polar surface area (TPSA) is 65.1 Å². The molecular formula is C15H22N2O3. The molecule has 20 heavy (non-hydrogen) atoms. The summed E-state index contributed by atoms with van der Waals surface area (Å²) >= 11 is 0. The Morgan fingerprint density at radius 3 is 2.55 bits per heavy atom. The molecule has 0 N–H and O–H groups in total. The van der Waals surface area contributed by atoms with Crippen LogP contribution in [-0.4, -0.2) is 9.49 Å². The van der Waals surface area contributed by atoms with Crippen LogP contribution in [0.15, 0.2) is 23.3 Å². The second kappa shape index (κ2) is 6.20. The lowest BCUT2D eigenvalue weighted by atomic mass is 9.75. The average molecular weight is 278 g/mol. The van der Waals surface area contributed by atoms with Gasteiger partial charge in [0.2, 0.25) is 0 Å². The molecule has 110 valence electrons. The molecule has 3 atom stereocenters. The van der Waals surface area contributed by atoms with Crippen molar-refractivity contribution in [3.8, 4) is 0 Å². The van der Waals surface area contributed by atoms with Gasteiger partial charge in [-0.3, -0.25) is 14.9 Å². The van der Waals surface area contributed by atoms with Crippen LogP contribution in [0.3, 0.4) is 0 Å². The predicted octanol–water partition coefficient (Wildman–Crippen LogP) is 3.22. The largest absolute Gasteiger partial charge is 0.348 e. The molecule has 0 aliphatic heterocycles. The van der Waals surface area contributed by atoms with Crippen molar-refractivity contribution in [3.63, 3.8) is 0 Å². The van der Waals surface area contributed by atoms with Gasteiger partial charge in [-0.25, -0.2) is 0 Å². The van der Waals surface area contributed by atoms with Gasteiger partial charge >= 0.3 is 5.69 Å². The van der Waals surface area contributed by atoms with Crippen molar-refractivity contribution in [3.05, 3.63) is 38.8 Å². The van der Waals surface area contributed by atoms with Gasteiger partial charge in [0.15, 0.2) is 0 Å². The Kier molecular flexibility index (Phi) is 4.57. The van der Waals surface area contributed by atoms with Gasteiger partial charge in [0.1, 0.15) is 0 Å². The van der Waals surface area contributed by atoms with E-state index in [2.05, 4.69) is 13.8 Å². The number of pyridine rings is 1. The summed E-state index contributed by atoms with van der Waals surface area (Å²) in [5, 5.41) is 10.8. The molecule has 5 nitrogen and oxygen atoms in total. The fraction of sp³-hybridized carbons (Fsp3) is 0.667. The Morgan fingerprint density at radius 1 is 1.30 bits per heavy atom. The van der Waals surface area contributed by atoms with Crippen LogP contribution < -0.4 is 5.43 Å². The van der Waals surface area contributed by atoms with Gasteiger partial charge in [0.25, 0.3) is 5.43 Å². The van der Waals surface area contributed by atoms with Crippen molar-refractivity contribution in [2.45, 2.75) is 46.1 Å². The first kappa shape index (κ1) is 14.8. The maximum Gasteiger partial charge on any atom is 0.332 e. The SMILES string of the molecule is C[C@@H]1CC(CCn2ccc(=O)c([N+](=O)[O-])c2)C[C@H](C)C1. The van der Waals surface area contributed by atoms with Crippen molar-refractivity contribution in [1.82, 2.24) is 4.57 Å². The number of rotatable bonds is 4. The highest BCUT2D eigenvalue weighted by Crippen LogP contribution is 2.34. The highest BCUT2D eigenvalue weighted by Gasteiger charge is 2.23. The summed E-state index contributed by atoms with van der Waals surface area (Å²) in [7, 11) is 0. The monoisotopic (exact) mass is 278 g/mol. The molecular weight excluding hydrogens is 256 g/mol. The Hall–Kier alpha value is -1.65. The first-order chi connectivity index (χ1) is 9.45. The lowest BCUT2D eigenvalue weighted by Crippen LogP contribution is -2.21. The Balaban J connectivity index is 1.99. The van der Waals surface area contributed by atoms with Crippen LogP contribution in [-0.2, 0) is 6.54 Å². The minimum Gasteiger partial charge on any atom is -0.348 e. The molecule has 1 aromatic rings. The third kappa shape index (κ3) is 3.68. The van der Waals surface area contributed by atoms with Gasteiger partial charge in [-0.05, 0) is 43.4 Å². The van der Waals surface area contributed by atoms with Crippen LogP contribution in [0.4, 0.5) is 5.69 Å². The number of aromatic nitrogens is 1. The molecule has 1 saturated carbocycles. The Bertz CT molecular complexity index is 528.